The van der Waals surface area contributed by atoms with Crippen LogP contribution in [0.2, 0.25) is 0 Å². The zero-order valence-electron chi connectivity index (χ0n) is 9.77. The minimum atomic E-state index is -0.219. The van der Waals surface area contributed by atoms with Gasteiger partial charge in [-0.25, -0.2) is 0 Å². The topological polar surface area (TPSA) is 29.5 Å². The lowest BCUT2D eigenvalue weighted by Crippen LogP contribution is -2.44. The zero-order chi connectivity index (χ0) is 11.4. The molecule has 0 radical (unpaired) electrons. The van der Waals surface area contributed by atoms with Crippen molar-refractivity contribution in [1.82, 2.24) is 4.90 Å². The van der Waals surface area contributed by atoms with Gasteiger partial charge in [0, 0.05) is 19.7 Å². The Morgan fingerprint density at radius 3 is 2.53 bits per heavy atom. The maximum Gasteiger partial charge on any atom is 0.235 e. The third-order valence-electron chi connectivity index (χ3n) is 2.97. The number of hydrogen-bond donors (Lipinski definition) is 1. The molecule has 1 amide bonds. The molecule has 0 bridgehead atoms. The van der Waals surface area contributed by atoms with Crippen molar-refractivity contribution in [3.63, 3.8) is 0 Å². The average molecular weight is 231 g/mol. The van der Waals surface area contributed by atoms with Crippen molar-refractivity contribution in [1.29, 1.82) is 0 Å². The molecule has 88 valence electrons. The molecule has 0 heterocycles. The standard InChI is InChI=1S/C11H21NO2S/c1-8(10-4-5-10)12(6-7-14-3)11(13)9(2)15/h8-10,15H,4-7H2,1-3H3. The zero-order valence-corrected chi connectivity index (χ0v) is 10.7. The van der Waals surface area contributed by atoms with Gasteiger partial charge < -0.3 is 9.64 Å². The predicted octanol–water partition coefficient (Wildman–Crippen LogP) is 1.58. The third kappa shape index (κ3) is 3.68. The van der Waals surface area contributed by atoms with Gasteiger partial charge in [0.2, 0.25) is 5.91 Å². The van der Waals surface area contributed by atoms with Gasteiger partial charge in [-0.2, -0.15) is 12.6 Å². The Kier molecular flexibility index (Phi) is 4.93. The van der Waals surface area contributed by atoms with Gasteiger partial charge in [-0.1, -0.05) is 0 Å². The van der Waals surface area contributed by atoms with E-state index in [1.54, 1.807) is 7.11 Å². The Morgan fingerprint density at radius 1 is 1.53 bits per heavy atom. The Morgan fingerprint density at radius 2 is 2.13 bits per heavy atom. The summed E-state index contributed by atoms with van der Waals surface area (Å²) in [6.45, 7) is 5.23. The Hall–Kier alpha value is -0.220. The fourth-order valence-electron chi connectivity index (χ4n) is 1.78. The minimum Gasteiger partial charge on any atom is -0.383 e. The second-order valence-corrected chi connectivity index (χ2v) is 5.05. The molecule has 0 N–H and O–H groups in total. The molecule has 0 saturated heterocycles. The minimum absolute atomic E-state index is 0.120. The van der Waals surface area contributed by atoms with E-state index in [-0.39, 0.29) is 11.2 Å². The van der Waals surface area contributed by atoms with Crippen LogP contribution in [0, 0.1) is 5.92 Å². The molecule has 3 nitrogen and oxygen atoms in total. The lowest BCUT2D eigenvalue weighted by molar-refractivity contribution is -0.133. The van der Waals surface area contributed by atoms with Crippen LogP contribution in [0.3, 0.4) is 0 Å². The molecule has 1 aliphatic rings. The second-order valence-electron chi connectivity index (χ2n) is 4.28. The summed E-state index contributed by atoms with van der Waals surface area (Å²) < 4.78 is 5.03. The highest BCUT2D eigenvalue weighted by atomic mass is 32.1. The first-order chi connectivity index (χ1) is 7.07. The van der Waals surface area contributed by atoms with E-state index in [2.05, 4.69) is 19.6 Å². The van der Waals surface area contributed by atoms with E-state index in [9.17, 15) is 4.79 Å². The number of hydrogen-bond acceptors (Lipinski definition) is 3. The molecule has 0 aromatic heterocycles. The van der Waals surface area contributed by atoms with Gasteiger partial charge >= 0.3 is 0 Å². The second kappa shape index (κ2) is 5.75. The van der Waals surface area contributed by atoms with E-state index < -0.39 is 0 Å². The van der Waals surface area contributed by atoms with E-state index in [0.29, 0.717) is 25.1 Å². The first kappa shape index (κ1) is 12.8. The highest BCUT2D eigenvalue weighted by Gasteiger charge is 2.34. The summed E-state index contributed by atoms with van der Waals surface area (Å²) in [5.41, 5.74) is 0. The van der Waals surface area contributed by atoms with Gasteiger partial charge in [-0.3, -0.25) is 4.79 Å². The van der Waals surface area contributed by atoms with Crippen LogP contribution in [-0.2, 0) is 9.53 Å². The van der Waals surface area contributed by atoms with E-state index in [4.69, 9.17) is 4.74 Å². The van der Waals surface area contributed by atoms with Gasteiger partial charge in [0.25, 0.3) is 0 Å². The number of carbonyl (C=O) groups excluding carboxylic acids is 1. The van der Waals surface area contributed by atoms with Crippen molar-refractivity contribution in [2.24, 2.45) is 5.92 Å². The third-order valence-corrected chi connectivity index (χ3v) is 3.19. The summed E-state index contributed by atoms with van der Waals surface area (Å²) in [7, 11) is 1.66. The van der Waals surface area contributed by atoms with Crippen molar-refractivity contribution in [3.8, 4) is 0 Å². The summed E-state index contributed by atoms with van der Waals surface area (Å²) in [6.07, 6.45) is 2.50. The number of carbonyl (C=O) groups is 1. The summed E-state index contributed by atoms with van der Waals surface area (Å²) in [6, 6.07) is 0.335. The quantitative estimate of drug-likeness (QED) is 0.703. The van der Waals surface area contributed by atoms with Crippen LogP contribution in [-0.4, -0.2) is 42.4 Å². The molecule has 1 rings (SSSR count). The van der Waals surface area contributed by atoms with Crippen LogP contribution in [0.15, 0.2) is 0 Å². The van der Waals surface area contributed by atoms with Gasteiger partial charge in [0.05, 0.1) is 11.9 Å². The maximum atomic E-state index is 11.9. The fraction of sp³-hybridized carbons (Fsp3) is 0.909. The van der Waals surface area contributed by atoms with Crippen molar-refractivity contribution in [2.75, 3.05) is 20.3 Å². The summed E-state index contributed by atoms with van der Waals surface area (Å²) in [5.74, 6) is 0.813. The molecule has 1 aliphatic carbocycles. The maximum absolute atomic E-state index is 11.9. The van der Waals surface area contributed by atoms with Crippen molar-refractivity contribution >= 4 is 18.5 Å². The highest BCUT2D eigenvalue weighted by Crippen LogP contribution is 2.35. The lowest BCUT2D eigenvalue weighted by atomic mass is 10.1. The number of methoxy groups -OCH3 is 1. The summed E-state index contributed by atoms with van der Waals surface area (Å²) in [5, 5.41) is -0.219. The number of nitrogens with zero attached hydrogens (tertiary/aromatic N) is 1. The largest absolute Gasteiger partial charge is 0.383 e. The van der Waals surface area contributed by atoms with Gasteiger partial charge in [-0.15, -0.1) is 0 Å². The number of amides is 1. The van der Waals surface area contributed by atoms with Crippen LogP contribution in [0.1, 0.15) is 26.7 Å². The van der Waals surface area contributed by atoms with Crippen LogP contribution < -0.4 is 0 Å². The van der Waals surface area contributed by atoms with Crippen molar-refractivity contribution < 1.29 is 9.53 Å². The Labute approximate surface area is 97.6 Å². The fourth-order valence-corrected chi connectivity index (χ4v) is 1.93. The van der Waals surface area contributed by atoms with E-state index in [1.807, 2.05) is 11.8 Å². The highest BCUT2D eigenvalue weighted by molar-refractivity contribution is 7.81. The van der Waals surface area contributed by atoms with Gasteiger partial charge in [-0.05, 0) is 32.6 Å². The summed E-state index contributed by atoms with van der Waals surface area (Å²) >= 11 is 4.21. The van der Waals surface area contributed by atoms with Gasteiger partial charge in [0.15, 0.2) is 0 Å². The van der Waals surface area contributed by atoms with Crippen molar-refractivity contribution in [2.45, 2.75) is 38.0 Å². The molecule has 0 aromatic rings. The lowest BCUT2D eigenvalue weighted by Gasteiger charge is -2.30. The molecule has 4 heteroatoms. The van der Waals surface area contributed by atoms with E-state index in [0.717, 1.165) is 0 Å². The molecule has 1 fully saturated rings. The monoisotopic (exact) mass is 231 g/mol. The molecule has 0 spiro atoms. The van der Waals surface area contributed by atoms with Crippen molar-refractivity contribution in [3.05, 3.63) is 0 Å². The molecule has 15 heavy (non-hydrogen) atoms. The molecule has 0 aliphatic heterocycles. The molecular formula is C11H21NO2S. The molecule has 0 aromatic carbocycles. The van der Waals surface area contributed by atoms with E-state index >= 15 is 0 Å². The van der Waals surface area contributed by atoms with Crippen LogP contribution in [0.25, 0.3) is 0 Å². The SMILES string of the molecule is COCCN(C(=O)C(C)S)C(C)C1CC1. The molecule has 2 unspecified atom stereocenters. The number of rotatable bonds is 6. The first-order valence-electron chi connectivity index (χ1n) is 5.55. The molecule has 1 saturated carbocycles. The molecule has 2 atom stereocenters. The summed E-state index contributed by atoms with van der Waals surface area (Å²) in [4.78, 5) is 13.8. The van der Waals surface area contributed by atoms with Crippen LogP contribution >= 0.6 is 12.6 Å². The van der Waals surface area contributed by atoms with E-state index in [1.165, 1.54) is 12.8 Å². The normalized spacial score (nSPS) is 19.7. The number of thiol groups is 1. The Bertz CT molecular complexity index is 217. The average Bonchev–Trinajstić information content (AvgIpc) is 3.00. The van der Waals surface area contributed by atoms with Crippen LogP contribution in [0.5, 0.6) is 0 Å². The van der Waals surface area contributed by atoms with Crippen LogP contribution in [0.4, 0.5) is 0 Å². The predicted molar refractivity (Wildman–Crippen MR) is 64.2 cm³/mol. The molecular weight excluding hydrogens is 210 g/mol. The van der Waals surface area contributed by atoms with Gasteiger partial charge in [0.1, 0.15) is 0 Å². The smallest absolute Gasteiger partial charge is 0.235 e. The number of ether oxygens (including phenoxy) is 1. The Balaban J connectivity index is 2.54. The first-order valence-corrected chi connectivity index (χ1v) is 6.07.